The van der Waals surface area contributed by atoms with Crippen molar-refractivity contribution in [1.29, 1.82) is 0 Å². The molecule has 1 atom stereocenters. The highest BCUT2D eigenvalue weighted by atomic mass is 16.5. The number of amides is 3. The van der Waals surface area contributed by atoms with Gasteiger partial charge < -0.3 is 20.7 Å². The summed E-state index contributed by atoms with van der Waals surface area (Å²) < 4.78 is 5.21. The summed E-state index contributed by atoms with van der Waals surface area (Å²) in [5.74, 6) is 1.35. The number of rotatable bonds is 7. The Hall–Kier alpha value is -3.02. The summed E-state index contributed by atoms with van der Waals surface area (Å²) >= 11 is 0. The number of nitrogens with two attached hydrogens (primary N) is 1. The number of carbonyl (C=O) groups is 2. The summed E-state index contributed by atoms with van der Waals surface area (Å²) in [4.78, 5) is 26.3. The minimum atomic E-state index is -0.673. The number of nitrogens with one attached hydrogen (secondary N) is 1. The summed E-state index contributed by atoms with van der Waals surface area (Å²) in [6.07, 6.45) is 3.34. The van der Waals surface area contributed by atoms with E-state index in [-0.39, 0.29) is 5.91 Å². The maximum Gasteiger partial charge on any atom is 0.312 e. The van der Waals surface area contributed by atoms with Crippen LogP contribution in [0.25, 0.3) is 0 Å². The zero-order valence-electron chi connectivity index (χ0n) is 16.8. The van der Waals surface area contributed by atoms with Crippen molar-refractivity contribution in [3.8, 4) is 5.75 Å². The molecule has 0 radical (unpaired) electrons. The number of hydrogen-bond donors (Lipinski definition) is 2. The highest BCUT2D eigenvalue weighted by molar-refractivity contribution is 5.87. The molecule has 3 rings (SSSR count). The van der Waals surface area contributed by atoms with Gasteiger partial charge in [-0.05, 0) is 48.4 Å². The SMILES string of the molecule is COc1ccc(CC2CCN(C(=O)C(Cc3ccccc3)NC(N)=O)CC2)cc1. The van der Waals surface area contributed by atoms with Crippen LogP contribution < -0.4 is 15.8 Å². The number of ether oxygens (including phenoxy) is 1. The van der Waals surface area contributed by atoms with Gasteiger partial charge in [0.2, 0.25) is 5.91 Å². The fraction of sp³-hybridized carbons (Fsp3) is 0.391. The maximum absolute atomic E-state index is 13.0. The molecule has 154 valence electrons. The smallest absolute Gasteiger partial charge is 0.312 e. The van der Waals surface area contributed by atoms with Gasteiger partial charge in [-0.15, -0.1) is 0 Å². The first-order valence-corrected chi connectivity index (χ1v) is 10.1. The lowest BCUT2D eigenvalue weighted by molar-refractivity contribution is -0.134. The van der Waals surface area contributed by atoms with E-state index in [9.17, 15) is 9.59 Å². The van der Waals surface area contributed by atoms with Crippen LogP contribution in [0, 0.1) is 5.92 Å². The number of hydrogen-bond acceptors (Lipinski definition) is 3. The normalized spacial score (nSPS) is 15.6. The molecule has 1 heterocycles. The molecular weight excluding hydrogens is 366 g/mol. The third kappa shape index (κ3) is 5.98. The van der Waals surface area contributed by atoms with Gasteiger partial charge in [-0.25, -0.2) is 4.79 Å². The van der Waals surface area contributed by atoms with Crippen LogP contribution in [0.2, 0.25) is 0 Å². The molecule has 1 unspecified atom stereocenters. The predicted octanol–water partition coefficient (Wildman–Crippen LogP) is 2.76. The number of nitrogens with zero attached hydrogens (tertiary/aromatic N) is 1. The Kier molecular flexibility index (Phi) is 7.11. The monoisotopic (exact) mass is 395 g/mol. The van der Waals surface area contributed by atoms with Crippen molar-refractivity contribution in [3.05, 3.63) is 65.7 Å². The molecule has 6 nitrogen and oxygen atoms in total. The maximum atomic E-state index is 13.0. The number of piperidine rings is 1. The first-order chi connectivity index (χ1) is 14.0. The van der Waals surface area contributed by atoms with E-state index in [0.29, 0.717) is 25.4 Å². The van der Waals surface area contributed by atoms with Crippen LogP contribution in [0.1, 0.15) is 24.0 Å². The third-order valence-electron chi connectivity index (χ3n) is 5.51. The van der Waals surface area contributed by atoms with Gasteiger partial charge in [0.05, 0.1) is 7.11 Å². The average molecular weight is 396 g/mol. The van der Waals surface area contributed by atoms with Crippen LogP contribution >= 0.6 is 0 Å². The number of primary amides is 1. The van der Waals surface area contributed by atoms with Crippen LogP contribution in [0.4, 0.5) is 4.79 Å². The van der Waals surface area contributed by atoms with Crippen LogP contribution in [0.3, 0.4) is 0 Å². The predicted molar refractivity (Wildman–Crippen MR) is 113 cm³/mol. The molecule has 1 fully saturated rings. The van der Waals surface area contributed by atoms with Crippen LogP contribution in [0.5, 0.6) is 5.75 Å². The Labute approximate surface area is 172 Å². The minimum Gasteiger partial charge on any atom is -0.497 e. The number of likely N-dealkylation sites (tertiary alicyclic amines) is 1. The van der Waals surface area contributed by atoms with Crippen LogP contribution in [-0.2, 0) is 17.6 Å². The van der Waals surface area contributed by atoms with Gasteiger partial charge in [-0.1, -0.05) is 42.5 Å². The third-order valence-corrected chi connectivity index (χ3v) is 5.51. The first-order valence-electron chi connectivity index (χ1n) is 10.1. The van der Waals surface area contributed by atoms with Gasteiger partial charge in [-0.2, -0.15) is 0 Å². The molecule has 6 heteroatoms. The van der Waals surface area contributed by atoms with Crippen molar-refractivity contribution in [1.82, 2.24) is 10.2 Å². The Balaban J connectivity index is 1.55. The van der Waals surface area contributed by atoms with Crippen molar-refractivity contribution < 1.29 is 14.3 Å². The molecule has 1 saturated heterocycles. The van der Waals surface area contributed by atoms with Crippen molar-refractivity contribution >= 4 is 11.9 Å². The summed E-state index contributed by atoms with van der Waals surface area (Å²) in [5, 5.41) is 2.62. The van der Waals surface area contributed by atoms with E-state index in [1.54, 1.807) is 7.11 Å². The molecule has 0 aliphatic carbocycles. The van der Waals surface area contributed by atoms with E-state index in [1.165, 1.54) is 5.56 Å². The second-order valence-corrected chi connectivity index (χ2v) is 7.57. The summed E-state index contributed by atoms with van der Waals surface area (Å²) in [6, 6.07) is 16.5. The van der Waals surface area contributed by atoms with Crippen molar-refractivity contribution in [2.45, 2.75) is 31.7 Å². The van der Waals surface area contributed by atoms with Gasteiger partial charge in [0.15, 0.2) is 0 Å². The van der Waals surface area contributed by atoms with Gasteiger partial charge in [-0.3, -0.25) is 4.79 Å². The first kappa shape index (κ1) is 20.7. The molecule has 0 aromatic heterocycles. The summed E-state index contributed by atoms with van der Waals surface area (Å²) in [7, 11) is 1.67. The molecular formula is C23H29N3O3. The Morgan fingerprint density at radius 1 is 1.07 bits per heavy atom. The van der Waals surface area contributed by atoms with E-state index in [1.807, 2.05) is 47.4 Å². The van der Waals surface area contributed by atoms with E-state index < -0.39 is 12.1 Å². The lowest BCUT2D eigenvalue weighted by atomic mass is 9.89. The van der Waals surface area contributed by atoms with E-state index in [2.05, 4.69) is 17.4 Å². The van der Waals surface area contributed by atoms with Gasteiger partial charge in [0, 0.05) is 19.5 Å². The number of benzene rings is 2. The molecule has 0 bridgehead atoms. The molecule has 0 spiro atoms. The molecule has 1 aliphatic heterocycles. The fourth-order valence-corrected chi connectivity index (χ4v) is 3.89. The fourth-order valence-electron chi connectivity index (χ4n) is 3.89. The minimum absolute atomic E-state index is 0.0597. The largest absolute Gasteiger partial charge is 0.497 e. The molecule has 1 aliphatic rings. The zero-order chi connectivity index (χ0) is 20.6. The number of methoxy groups -OCH3 is 1. The Morgan fingerprint density at radius 3 is 2.31 bits per heavy atom. The van der Waals surface area contributed by atoms with Crippen molar-refractivity contribution in [3.63, 3.8) is 0 Å². The van der Waals surface area contributed by atoms with Crippen molar-refractivity contribution in [2.75, 3.05) is 20.2 Å². The topological polar surface area (TPSA) is 84.7 Å². The van der Waals surface area contributed by atoms with Crippen LogP contribution in [-0.4, -0.2) is 43.1 Å². The molecule has 2 aromatic rings. The zero-order valence-corrected chi connectivity index (χ0v) is 16.8. The second kappa shape index (κ2) is 9.96. The number of carbonyl (C=O) groups excluding carboxylic acids is 2. The van der Waals surface area contributed by atoms with E-state index in [4.69, 9.17) is 10.5 Å². The van der Waals surface area contributed by atoms with E-state index >= 15 is 0 Å². The molecule has 3 N–H and O–H groups in total. The Bertz CT molecular complexity index is 800. The van der Waals surface area contributed by atoms with Gasteiger partial charge >= 0.3 is 6.03 Å². The summed E-state index contributed by atoms with van der Waals surface area (Å²) in [5.41, 5.74) is 7.59. The summed E-state index contributed by atoms with van der Waals surface area (Å²) in [6.45, 7) is 1.40. The lowest BCUT2D eigenvalue weighted by Crippen LogP contribution is -2.52. The molecule has 2 aromatic carbocycles. The van der Waals surface area contributed by atoms with Gasteiger partial charge in [0.25, 0.3) is 0 Å². The standard InChI is InChI=1S/C23H29N3O3/c1-29-20-9-7-18(8-10-20)15-19-11-13-26(14-12-19)22(27)21(25-23(24)28)16-17-5-3-2-4-6-17/h2-10,19,21H,11-16H2,1H3,(H3,24,25,28). The molecule has 3 amide bonds. The lowest BCUT2D eigenvalue weighted by Gasteiger charge is -2.34. The quantitative estimate of drug-likeness (QED) is 0.756. The number of urea groups is 1. The van der Waals surface area contributed by atoms with E-state index in [0.717, 1.165) is 30.6 Å². The van der Waals surface area contributed by atoms with Crippen LogP contribution in [0.15, 0.2) is 54.6 Å². The second-order valence-electron chi connectivity index (χ2n) is 7.57. The van der Waals surface area contributed by atoms with Gasteiger partial charge in [0.1, 0.15) is 11.8 Å². The molecule has 29 heavy (non-hydrogen) atoms. The van der Waals surface area contributed by atoms with Crippen molar-refractivity contribution in [2.24, 2.45) is 11.7 Å². The highest BCUT2D eigenvalue weighted by Gasteiger charge is 2.29. The molecule has 0 saturated carbocycles. The Morgan fingerprint density at radius 2 is 1.72 bits per heavy atom. The highest BCUT2D eigenvalue weighted by Crippen LogP contribution is 2.23. The average Bonchev–Trinajstić information content (AvgIpc) is 2.74.